The van der Waals surface area contributed by atoms with Crippen molar-refractivity contribution in [2.75, 3.05) is 18.8 Å². The van der Waals surface area contributed by atoms with Gasteiger partial charge in [0.15, 0.2) is 5.95 Å². The highest BCUT2D eigenvalue weighted by molar-refractivity contribution is 7.92. The van der Waals surface area contributed by atoms with E-state index in [9.17, 15) is 16.8 Å². The van der Waals surface area contributed by atoms with Crippen LogP contribution in [0.4, 0.5) is 5.95 Å². The van der Waals surface area contributed by atoms with E-state index in [0.29, 0.717) is 23.1 Å². The normalized spacial score (nSPS) is 18.9. The summed E-state index contributed by atoms with van der Waals surface area (Å²) in [4.78, 5) is 5.91. The van der Waals surface area contributed by atoms with Gasteiger partial charge in [-0.15, -0.1) is 10.2 Å². The second-order valence-electron chi connectivity index (χ2n) is 7.97. The predicted octanol–water partition coefficient (Wildman–Crippen LogP) is -1.78. The molecular formula is C18H21N11O4S2. The number of nitrogens with one attached hydrogen (secondary N) is 4. The fraction of sp³-hybridized carbons (Fsp3) is 0.222. The van der Waals surface area contributed by atoms with Crippen LogP contribution in [-0.2, 0) is 20.0 Å². The van der Waals surface area contributed by atoms with Gasteiger partial charge in [0.1, 0.15) is 9.79 Å². The maximum absolute atomic E-state index is 13.4. The van der Waals surface area contributed by atoms with Crippen molar-refractivity contribution in [3.8, 4) is 22.5 Å². The van der Waals surface area contributed by atoms with Crippen molar-refractivity contribution in [2.24, 2.45) is 10.9 Å². The van der Waals surface area contributed by atoms with E-state index in [-0.39, 0.29) is 29.4 Å². The number of para-hydroxylation sites is 1. The molecule has 10 N–H and O–H groups in total. The first-order valence-electron chi connectivity index (χ1n) is 10.2. The highest BCUT2D eigenvalue weighted by Crippen LogP contribution is 2.40. The molecule has 1 saturated heterocycles. The van der Waals surface area contributed by atoms with Crippen LogP contribution in [0.25, 0.3) is 33.5 Å². The summed E-state index contributed by atoms with van der Waals surface area (Å²) in [5.74, 6) is -0.0361. The highest BCUT2D eigenvalue weighted by atomic mass is 32.2. The van der Waals surface area contributed by atoms with E-state index in [2.05, 4.69) is 40.6 Å². The Morgan fingerprint density at radius 3 is 2.51 bits per heavy atom. The number of nitrogens with zero attached hydrogens (tertiary/aromatic N) is 4. The van der Waals surface area contributed by atoms with E-state index in [1.807, 2.05) is 0 Å². The Labute approximate surface area is 199 Å². The molecule has 17 heteroatoms. The molecule has 2 atom stereocenters. The number of sulfonamides is 2. The lowest BCUT2D eigenvalue weighted by Crippen LogP contribution is -2.46. The fourth-order valence-corrected chi connectivity index (χ4v) is 7.02. The molecule has 1 aliphatic heterocycles. The van der Waals surface area contributed by atoms with Gasteiger partial charge in [0.25, 0.3) is 0 Å². The Balaban J connectivity index is 1.81. The summed E-state index contributed by atoms with van der Waals surface area (Å²) in [5.41, 5.74) is 13.3. The average Bonchev–Trinajstić information content (AvgIpc) is 3.53. The number of tetrazole rings is 1. The fourth-order valence-electron chi connectivity index (χ4n) is 4.13. The average molecular weight is 520 g/mol. The van der Waals surface area contributed by atoms with Crippen LogP contribution in [0, 0.1) is 0 Å². The van der Waals surface area contributed by atoms with Gasteiger partial charge in [0.05, 0.1) is 22.6 Å². The van der Waals surface area contributed by atoms with Crippen LogP contribution < -0.4 is 26.6 Å². The molecule has 0 bridgehead atoms. The summed E-state index contributed by atoms with van der Waals surface area (Å²) in [6.45, 7) is 0.683. The number of nitrogen functional groups attached to an aromatic ring is 1. The zero-order valence-corrected chi connectivity index (χ0v) is 19.6. The topological polar surface area (TPSA) is 254 Å². The van der Waals surface area contributed by atoms with Gasteiger partial charge in [0.2, 0.25) is 25.9 Å². The number of nitrogens with two attached hydrogens (primary N) is 3. The lowest BCUT2D eigenvalue weighted by atomic mass is 9.98. The van der Waals surface area contributed by atoms with Gasteiger partial charge in [-0.25, -0.2) is 31.7 Å². The van der Waals surface area contributed by atoms with E-state index in [1.54, 1.807) is 18.2 Å². The van der Waals surface area contributed by atoms with Crippen molar-refractivity contribution < 1.29 is 16.8 Å². The first-order chi connectivity index (χ1) is 16.6. The molecule has 0 spiro atoms. The monoisotopic (exact) mass is 519 g/mol. The molecule has 4 aromatic rings. The molecule has 184 valence electrons. The third-order valence-electron chi connectivity index (χ3n) is 5.65. The van der Waals surface area contributed by atoms with Crippen LogP contribution in [0.15, 0.2) is 40.1 Å². The number of primary sulfonamides is 1. The van der Waals surface area contributed by atoms with E-state index < -0.39 is 41.9 Å². The van der Waals surface area contributed by atoms with Crippen LogP contribution in [0.2, 0.25) is 0 Å². The van der Waals surface area contributed by atoms with Gasteiger partial charge in [-0.1, -0.05) is 18.2 Å². The number of anilines is 1. The predicted molar refractivity (Wildman–Crippen MR) is 125 cm³/mol. The Hall–Kier alpha value is -3.48. The molecule has 2 unspecified atom stereocenters. The third-order valence-corrected chi connectivity index (χ3v) is 8.31. The summed E-state index contributed by atoms with van der Waals surface area (Å²) in [5, 5.41) is 22.1. The highest BCUT2D eigenvalue weighted by Gasteiger charge is 2.35. The van der Waals surface area contributed by atoms with Crippen molar-refractivity contribution in [1.29, 1.82) is 0 Å². The number of aromatic amines is 2. The van der Waals surface area contributed by atoms with Crippen LogP contribution in [0.5, 0.6) is 0 Å². The maximum atomic E-state index is 13.4. The number of aromatic nitrogens is 6. The minimum Gasteiger partial charge on any atom is -0.369 e. The zero-order chi connectivity index (χ0) is 25.0. The Morgan fingerprint density at radius 2 is 1.86 bits per heavy atom. The number of rotatable bonds is 6. The van der Waals surface area contributed by atoms with Crippen LogP contribution in [0.1, 0.15) is 0 Å². The minimum atomic E-state index is -4.64. The number of imidazole rings is 1. The molecule has 15 nitrogen and oxygen atoms in total. The van der Waals surface area contributed by atoms with Crippen molar-refractivity contribution in [3.05, 3.63) is 30.3 Å². The first kappa shape index (κ1) is 23.3. The Morgan fingerprint density at radius 1 is 1.06 bits per heavy atom. The number of benzene rings is 2. The molecule has 0 aliphatic carbocycles. The Kier molecular flexibility index (Phi) is 5.54. The molecule has 5 rings (SSSR count). The molecule has 1 aliphatic rings. The molecular weight excluding hydrogens is 498 g/mol. The number of fused-ring (bicyclic) bond motifs is 1. The van der Waals surface area contributed by atoms with Gasteiger partial charge in [-0.2, -0.15) is 5.21 Å². The number of hydrogen-bond donors (Lipinski definition) is 7. The van der Waals surface area contributed by atoms with Crippen molar-refractivity contribution >= 4 is 37.0 Å². The van der Waals surface area contributed by atoms with Gasteiger partial charge >= 0.3 is 0 Å². The molecule has 0 saturated carbocycles. The smallest absolute Gasteiger partial charge is 0.242 e. The molecule has 2 aromatic heterocycles. The molecule has 3 heterocycles. The van der Waals surface area contributed by atoms with E-state index in [4.69, 9.17) is 16.6 Å². The summed E-state index contributed by atoms with van der Waals surface area (Å²) >= 11 is 0. The van der Waals surface area contributed by atoms with Gasteiger partial charge in [0, 0.05) is 24.7 Å². The molecule has 2 aromatic carbocycles. The summed E-state index contributed by atoms with van der Waals surface area (Å²) < 4.78 is 55.0. The van der Waals surface area contributed by atoms with Crippen LogP contribution >= 0.6 is 0 Å². The number of hydrogen-bond acceptors (Lipinski definition) is 11. The van der Waals surface area contributed by atoms with Crippen molar-refractivity contribution in [3.63, 3.8) is 0 Å². The molecule has 1 fully saturated rings. The quantitative estimate of drug-likeness (QED) is 0.150. The first-order valence-corrected chi connectivity index (χ1v) is 13.3. The third kappa shape index (κ3) is 4.13. The van der Waals surface area contributed by atoms with E-state index in [0.717, 1.165) is 6.07 Å². The maximum Gasteiger partial charge on any atom is 0.242 e. The SMILES string of the molecule is Nc1nc2c(-c3ccc(S(=O)(=O)NC4CNCC4N)c(S(N)(=O)=O)c3-c3nn[nH]n3)cccc2[nH]1. The minimum absolute atomic E-state index is 0.144. The second-order valence-corrected chi connectivity index (χ2v) is 11.2. The summed E-state index contributed by atoms with van der Waals surface area (Å²) in [7, 11) is -9.04. The van der Waals surface area contributed by atoms with Crippen molar-refractivity contribution in [2.45, 2.75) is 21.9 Å². The van der Waals surface area contributed by atoms with Gasteiger partial charge < -0.3 is 21.8 Å². The standard InChI is InChI=1S/C18H21N11O4S2/c19-10-6-22-7-12(10)27-35(32,33)13-5-4-8(9-2-1-3-11-15(9)24-18(20)23-11)14(16(13)34(21,30)31)17-25-28-29-26-17/h1-5,10,12,22,27H,6-7,19H2,(H3,20,23,24)(H2,21,30,31)(H,25,26,28,29). The van der Waals surface area contributed by atoms with Crippen LogP contribution in [-0.4, -0.2) is 72.6 Å². The van der Waals surface area contributed by atoms with Gasteiger partial charge in [-0.3, -0.25) is 0 Å². The zero-order valence-electron chi connectivity index (χ0n) is 17.9. The number of H-pyrrole nitrogens is 2. The second kappa shape index (κ2) is 8.33. The summed E-state index contributed by atoms with van der Waals surface area (Å²) in [6.07, 6.45) is 0. The largest absolute Gasteiger partial charge is 0.369 e. The van der Waals surface area contributed by atoms with Crippen molar-refractivity contribution in [1.82, 2.24) is 40.6 Å². The summed E-state index contributed by atoms with van der Waals surface area (Å²) in [6, 6.07) is 6.55. The van der Waals surface area contributed by atoms with Crippen LogP contribution in [0.3, 0.4) is 0 Å². The lowest BCUT2D eigenvalue weighted by molar-refractivity contribution is 0.536. The van der Waals surface area contributed by atoms with E-state index in [1.165, 1.54) is 6.07 Å². The molecule has 35 heavy (non-hydrogen) atoms. The van der Waals surface area contributed by atoms with Gasteiger partial charge in [-0.05, 0) is 22.9 Å². The molecule has 0 radical (unpaired) electrons. The Bertz CT molecular complexity index is 1630. The lowest BCUT2D eigenvalue weighted by Gasteiger charge is -2.20. The molecule has 0 amide bonds. The van der Waals surface area contributed by atoms with E-state index >= 15 is 0 Å².